The smallest absolute Gasteiger partial charge is 0.410 e. The Morgan fingerprint density at radius 1 is 1.23 bits per heavy atom. The van der Waals surface area contributed by atoms with Crippen molar-refractivity contribution in [3.05, 3.63) is 42.0 Å². The number of carboxylic acids is 1. The highest BCUT2D eigenvalue weighted by atomic mass is 16.7. The van der Waals surface area contributed by atoms with Crippen molar-refractivity contribution in [2.24, 2.45) is 0 Å². The van der Waals surface area contributed by atoms with Crippen LogP contribution in [0.4, 0.5) is 4.79 Å². The zero-order valence-electron chi connectivity index (χ0n) is 15.0. The molecule has 0 bridgehead atoms. The first-order valence-corrected chi connectivity index (χ1v) is 8.05. The first kappa shape index (κ1) is 19.5. The van der Waals surface area contributed by atoms with E-state index in [0.29, 0.717) is 16.8 Å². The lowest BCUT2D eigenvalue weighted by Crippen LogP contribution is -2.42. The number of carbonyl (C=O) groups is 3. The van der Waals surface area contributed by atoms with Crippen LogP contribution in [0.2, 0.25) is 0 Å². The molecule has 0 spiro atoms. The molecular formula is C18H22N2O6. The zero-order chi connectivity index (χ0) is 19.5. The molecule has 2 rings (SSSR count). The molecule has 2 amide bonds. The van der Waals surface area contributed by atoms with Crippen molar-refractivity contribution >= 4 is 23.7 Å². The molecule has 1 aromatic rings. The van der Waals surface area contributed by atoms with E-state index in [-0.39, 0.29) is 19.1 Å². The van der Waals surface area contributed by atoms with Gasteiger partial charge in [0.1, 0.15) is 12.1 Å². The van der Waals surface area contributed by atoms with Crippen LogP contribution in [-0.2, 0) is 14.4 Å². The summed E-state index contributed by atoms with van der Waals surface area (Å²) >= 11 is 0. The monoisotopic (exact) mass is 362 g/mol. The fraction of sp³-hybridized carbons (Fsp3) is 0.389. The molecule has 1 heterocycles. The Morgan fingerprint density at radius 3 is 2.38 bits per heavy atom. The lowest BCUT2D eigenvalue weighted by atomic mass is 10.1. The summed E-state index contributed by atoms with van der Waals surface area (Å²) in [4.78, 5) is 41.9. The average molecular weight is 362 g/mol. The van der Waals surface area contributed by atoms with Crippen molar-refractivity contribution in [3.63, 3.8) is 0 Å². The van der Waals surface area contributed by atoms with Gasteiger partial charge in [-0.2, -0.15) is 5.06 Å². The second kappa shape index (κ2) is 7.57. The van der Waals surface area contributed by atoms with E-state index in [0.717, 1.165) is 9.96 Å². The third kappa shape index (κ3) is 4.60. The van der Waals surface area contributed by atoms with Crippen LogP contribution in [0.25, 0.3) is 5.70 Å². The van der Waals surface area contributed by atoms with E-state index in [4.69, 9.17) is 14.7 Å². The molecule has 1 aromatic carbocycles. The summed E-state index contributed by atoms with van der Waals surface area (Å²) in [7, 11) is 0. The molecule has 140 valence electrons. The van der Waals surface area contributed by atoms with E-state index < -0.39 is 24.2 Å². The number of fused-ring (bicyclic) bond motifs is 1. The van der Waals surface area contributed by atoms with Gasteiger partial charge in [0.25, 0.3) is 5.91 Å². The first-order valence-electron chi connectivity index (χ1n) is 8.05. The molecule has 1 aliphatic rings. The van der Waals surface area contributed by atoms with E-state index in [2.05, 4.69) is 6.58 Å². The van der Waals surface area contributed by atoms with Crippen LogP contribution >= 0.6 is 0 Å². The number of hydrogen-bond donors (Lipinski definition) is 1. The maximum Gasteiger partial charge on any atom is 0.410 e. The number of ether oxygens (including phenoxy) is 1. The Morgan fingerprint density at radius 2 is 1.85 bits per heavy atom. The molecule has 1 aliphatic heterocycles. The maximum absolute atomic E-state index is 12.3. The van der Waals surface area contributed by atoms with Crippen molar-refractivity contribution < 1.29 is 29.1 Å². The summed E-state index contributed by atoms with van der Waals surface area (Å²) in [6.45, 7) is 8.21. The molecule has 8 heteroatoms. The molecule has 1 N–H and O–H groups in total. The molecule has 0 atom stereocenters. The molecule has 0 unspecified atom stereocenters. The highest BCUT2D eigenvalue weighted by Gasteiger charge is 2.32. The SMILES string of the molecule is C=C1c2ccccc2C(=O)N1OCCN(CC(=O)O)C(=O)OC(C)(C)C. The normalized spacial score (nSPS) is 13.6. The predicted molar refractivity (Wildman–Crippen MR) is 93.0 cm³/mol. The Bertz CT molecular complexity index is 702. The minimum Gasteiger partial charge on any atom is -0.480 e. The minimum atomic E-state index is -1.18. The Kier molecular flexibility index (Phi) is 5.66. The number of amides is 2. The van der Waals surface area contributed by atoms with Crippen molar-refractivity contribution in [2.45, 2.75) is 26.4 Å². The second-order valence-corrected chi connectivity index (χ2v) is 6.72. The predicted octanol–water partition coefficient (Wildman–Crippen LogP) is 2.37. The zero-order valence-corrected chi connectivity index (χ0v) is 15.0. The Hall–Kier alpha value is -2.87. The van der Waals surface area contributed by atoms with Crippen LogP contribution in [0.3, 0.4) is 0 Å². The average Bonchev–Trinajstić information content (AvgIpc) is 2.77. The number of carboxylic acid groups (broad SMARTS) is 1. The summed E-state index contributed by atoms with van der Waals surface area (Å²) in [5, 5.41) is 10.0. The number of hydroxylamine groups is 2. The van der Waals surface area contributed by atoms with Gasteiger partial charge in [-0.05, 0) is 26.8 Å². The topological polar surface area (TPSA) is 96.4 Å². The standard InChI is InChI=1S/C18H22N2O6/c1-12-13-7-5-6-8-14(13)16(23)20(12)25-10-9-19(11-15(21)22)17(24)26-18(2,3)4/h5-8H,1,9-11H2,2-4H3,(H,21,22). The first-order chi connectivity index (χ1) is 12.1. The number of aliphatic carboxylic acids is 1. The Labute approximate surface area is 151 Å². The molecule has 26 heavy (non-hydrogen) atoms. The summed E-state index contributed by atoms with van der Waals surface area (Å²) in [6.07, 6.45) is -0.765. The van der Waals surface area contributed by atoms with E-state index in [9.17, 15) is 14.4 Å². The third-order valence-corrected chi connectivity index (χ3v) is 3.46. The number of rotatable bonds is 6. The summed E-state index contributed by atoms with van der Waals surface area (Å²) in [5.74, 6) is -1.53. The molecular weight excluding hydrogens is 340 g/mol. The Balaban J connectivity index is 1.97. The van der Waals surface area contributed by atoms with Gasteiger partial charge in [-0.25, -0.2) is 4.79 Å². The van der Waals surface area contributed by atoms with Gasteiger partial charge in [0.2, 0.25) is 0 Å². The lowest BCUT2D eigenvalue weighted by molar-refractivity contribution is -0.139. The molecule has 8 nitrogen and oxygen atoms in total. The molecule has 0 aromatic heterocycles. The third-order valence-electron chi connectivity index (χ3n) is 3.46. The molecule has 0 saturated heterocycles. The van der Waals surface area contributed by atoms with E-state index in [1.54, 1.807) is 45.0 Å². The van der Waals surface area contributed by atoms with Crippen LogP contribution in [0.5, 0.6) is 0 Å². The maximum atomic E-state index is 12.3. The van der Waals surface area contributed by atoms with Gasteiger partial charge < -0.3 is 9.84 Å². The van der Waals surface area contributed by atoms with Crippen LogP contribution in [0, 0.1) is 0 Å². The highest BCUT2D eigenvalue weighted by molar-refractivity contribution is 6.07. The van der Waals surface area contributed by atoms with Crippen molar-refractivity contribution in [1.29, 1.82) is 0 Å². The number of nitrogens with zero attached hydrogens (tertiary/aromatic N) is 2. The fourth-order valence-electron chi connectivity index (χ4n) is 2.37. The molecule has 0 aliphatic carbocycles. The number of benzene rings is 1. The van der Waals surface area contributed by atoms with Gasteiger partial charge in [-0.1, -0.05) is 24.8 Å². The summed E-state index contributed by atoms with van der Waals surface area (Å²) in [6, 6.07) is 6.96. The second-order valence-electron chi connectivity index (χ2n) is 6.72. The van der Waals surface area contributed by atoms with Crippen LogP contribution in [0.1, 0.15) is 36.7 Å². The molecule has 0 saturated carbocycles. The van der Waals surface area contributed by atoms with E-state index >= 15 is 0 Å². The van der Waals surface area contributed by atoms with Crippen molar-refractivity contribution in [3.8, 4) is 0 Å². The van der Waals surface area contributed by atoms with Crippen LogP contribution in [-0.4, -0.2) is 58.3 Å². The van der Waals surface area contributed by atoms with Crippen molar-refractivity contribution in [2.75, 3.05) is 19.7 Å². The van der Waals surface area contributed by atoms with Gasteiger partial charge in [-0.15, -0.1) is 0 Å². The van der Waals surface area contributed by atoms with Crippen LogP contribution < -0.4 is 0 Å². The minimum absolute atomic E-state index is 0.0609. The van der Waals surface area contributed by atoms with E-state index in [1.807, 2.05) is 0 Å². The summed E-state index contributed by atoms with van der Waals surface area (Å²) < 4.78 is 5.19. The van der Waals surface area contributed by atoms with Gasteiger partial charge >= 0.3 is 12.1 Å². The van der Waals surface area contributed by atoms with E-state index in [1.165, 1.54) is 0 Å². The number of hydrogen-bond acceptors (Lipinski definition) is 5. The quantitative estimate of drug-likeness (QED) is 0.834. The van der Waals surface area contributed by atoms with Gasteiger partial charge in [-0.3, -0.25) is 19.3 Å². The van der Waals surface area contributed by atoms with Gasteiger partial charge in [0.05, 0.1) is 24.4 Å². The van der Waals surface area contributed by atoms with Crippen LogP contribution in [0.15, 0.2) is 30.8 Å². The largest absolute Gasteiger partial charge is 0.480 e. The highest BCUT2D eigenvalue weighted by Crippen LogP contribution is 2.31. The van der Waals surface area contributed by atoms with Gasteiger partial charge in [0.15, 0.2) is 0 Å². The number of carbonyl (C=O) groups excluding carboxylic acids is 2. The van der Waals surface area contributed by atoms with Gasteiger partial charge in [0, 0.05) is 5.56 Å². The van der Waals surface area contributed by atoms with Crippen molar-refractivity contribution in [1.82, 2.24) is 9.96 Å². The lowest BCUT2D eigenvalue weighted by Gasteiger charge is -2.27. The molecule has 0 radical (unpaired) electrons. The fourth-order valence-corrected chi connectivity index (χ4v) is 2.37. The summed E-state index contributed by atoms with van der Waals surface area (Å²) in [5.41, 5.74) is 0.793. The molecule has 0 fully saturated rings.